The molecule has 0 unspecified atom stereocenters. The second-order valence-electron chi connectivity index (χ2n) is 5.18. The number of nitrogen functional groups attached to an aromatic ring is 1. The molecule has 6 heteroatoms. The van der Waals surface area contributed by atoms with Gasteiger partial charge in [0.25, 0.3) is 0 Å². The van der Waals surface area contributed by atoms with Crippen molar-refractivity contribution < 1.29 is 15.3 Å². The molecule has 0 bridgehead atoms. The topological polar surface area (TPSA) is 102 Å². The summed E-state index contributed by atoms with van der Waals surface area (Å²) in [7, 11) is 0. The van der Waals surface area contributed by atoms with Crippen molar-refractivity contribution in [2.75, 3.05) is 42.3 Å². The van der Waals surface area contributed by atoms with E-state index in [1.807, 2.05) is 29.2 Å². The summed E-state index contributed by atoms with van der Waals surface area (Å²) in [6.45, 7) is 1.35. The van der Waals surface area contributed by atoms with E-state index in [0.717, 1.165) is 11.4 Å². The number of hydrogen-bond acceptors (Lipinski definition) is 6. The van der Waals surface area contributed by atoms with Crippen LogP contribution in [0, 0.1) is 0 Å². The molecule has 6 N–H and O–H groups in total. The number of rotatable bonds is 8. The summed E-state index contributed by atoms with van der Waals surface area (Å²) in [5.41, 5.74) is 8.84. The molecule has 0 aliphatic carbocycles. The van der Waals surface area contributed by atoms with Crippen LogP contribution in [-0.2, 0) is 6.54 Å². The predicted molar refractivity (Wildman–Crippen MR) is 92.7 cm³/mol. The minimum absolute atomic E-state index is 0.0199. The van der Waals surface area contributed by atoms with Crippen molar-refractivity contribution in [3.8, 4) is 5.75 Å². The van der Waals surface area contributed by atoms with E-state index in [1.54, 1.807) is 18.2 Å². The third-order valence-electron chi connectivity index (χ3n) is 3.61. The monoisotopic (exact) mass is 317 g/mol. The Bertz CT molecular complexity index is 608. The maximum atomic E-state index is 9.87. The average molecular weight is 317 g/mol. The quantitative estimate of drug-likeness (QED) is 0.471. The van der Waals surface area contributed by atoms with Crippen LogP contribution in [0.3, 0.4) is 0 Å². The van der Waals surface area contributed by atoms with Crippen LogP contribution in [0.15, 0.2) is 42.5 Å². The van der Waals surface area contributed by atoms with Crippen LogP contribution < -0.4 is 16.0 Å². The van der Waals surface area contributed by atoms with Crippen LogP contribution in [0.1, 0.15) is 5.56 Å². The molecule has 2 rings (SSSR count). The Kier molecular flexibility index (Phi) is 6.08. The Morgan fingerprint density at radius 1 is 1.00 bits per heavy atom. The molecule has 124 valence electrons. The van der Waals surface area contributed by atoms with Crippen LogP contribution in [0.2, 0.25) is 0 Å². The fourth-order valence-electron chi connectivity index (χ4n) is 2.40. The lowest BCUT2D eigenvalue weighted by molar-refractivity contribution is 0.281. The van der Waals surface area contributed by atoms with Gasteiger partial charge in [0.05, 0.1) is 13.2 Å². The zero-order valence-electron chi connectivity index (χ0n) is 12.9. The Balaban J connectivity index is 2.10. The molecular formula is C17H23N3O3. The SMILES string of the molecule is Nc1cccc(O)c1CNc1cccc(N(CCO)CCO)c1. The van der Waals surface area contributed by atoms with Gasteiger partial charge in [-0.15, -0.1) is 0 Å². The van der Waals surface area contributed by atoms with Gasteiger partial charge in [-0.1, -0.05) is 12.1 Å². The molecule has 0 heterocycles. The van der Waals surface area contributed by atoms with Gasteiger partial charge in [-0.3, -0.25) is 0 Å². The van der Waals surface area contributed by atoms with E-state index in [-0.39, 0.29) is 19.0 Å². The molecule has 0 amide bonds. The molecule has 0 saturated heterocycles. The van der Waals surface area contributed by atoms with Gasteiger partial charge in [0, 0.05) is 42.3 Å². The first-order valence-corrected chi connectivity index (χ1v) is 7.52. The van der Waals surface area contributed by atoms with Gasteiger partial charge in [-0.2, -0.15) is 0 Å². The minimum Gasteiger partial charge on any atom is -0.508 e. The van der Waals surface area contributed by atoms with E-state index in [0.29, 0.717) is 30.9 Å². The summed E-state index contributed by atoms with van der Waals surface area (Å²) in [6, 6.07) is 12.7. The van der Waals surface area contributed by atoms with Gasteiger partial charge in [-0.05, 0) is 30.3 Å². The Hall–Kier alpha value is -2.44. The highest BCUT2D eigenvalue weighted by molar-refractivity contribution is 5.60. The number of nitrogens with two attached hydrogens (primary N) is 1. The zero-order chi connectivity index (χ0) is 16.7. The van der Waals surface area contributed by atoms with E-state index >= 15 is 0 Å². The van der Waals surface area contributed by atoms with Crippen molar-refractivity contribution in [2.24, 2.45) is 0 Å². The summed E-state index contributed by atoms with van der Waals surface area (Å²) in [4.78, 5) is 1.90. The van der Waals surface area contributed by atoms with Crippen LogP contribution in [-0.4, -0.2) is 41.6 Å². The molecule has 0 fully saturated rings. The Labute approximate surface area is 135 Å². The first-order valence-electron chi connectivity index (χ1n) is 7.52. The number of nitrogens with one attached hydrogen (secondary N) is 1. The lowest BCUT2D eigenvalue weighted by Gasteiger charge is -2.23. The van der Waals surface area contributed by atoms with Crippen LogP contribution in [0.5, 0.6) is 5.75 Å². The Morgan fingerprint density at radius 2 is 1.70 bits per heavy atom. The van der Waals surface area contributed by atoms with Crippen molar-refractivity contribution in [3.63, 3.8) is 0 Å². The summed E-state index contributed by atoms with van der Waals surface area (Å²) >= 11 is 0. The maximum Gasteiger partial charge on any atom is 0.122 e. The van der Waals surface area contributed by atoms with Gasteiger partial charge in [-0.25, -0.2) is 0 Å². The van der Waals surface area contributed by atoms with Crippen LogP contribution in [0.4, 0.5) is 17.1 Å². The van der Waals surface area contributed by atoms with Crippen molar-refractivity contribution in [1.82, 2.24) is 0 Å². The Morgan fingerprint density at radius 3 is 2.35 bits per heavy atom. The normalized spacial score (nSPS) is 10.5. The van der Waals surface area contributed by atoms with E-state index in [2.05, 4.69) is 5.32 Å². The van der Waals surface area contributed by atoms with Crippen LogP contribution in [0.25, 0.3) is 0 Å². The molecule has 0 saturated carbocycles. The highest BCUT2D eigenvalue weighted by atomic mass is 16.3. The molecular weight excluding hydrogens is 294 g/mol. The number of aliphatic hydroxyl groups excluding tert-OH is 2. The number of phenols is 1. The number of anilines is 3. The molecule has 0 aliphatic heterocycles. The average Bonchev–Trinajstić information content (AvgIpc) is 2.54. The highest BCUT2D eigenvalue weighted by Gasteiger charge is 2.08. The summed E-state index contributed by atoms with van der Waals surface area (Å²) in [5.74, 6) is 0.163. The zero-order valence-corrected chi connectivity index (χ0v) is 12.9. The fourth-order valence-corrected chi connectivity index (χ4v) is 2.40. The number of aromatic hydroxyl groups is 1. The molecule has 0 spiro atoms. The smallest absolute Gasteiger partial charge is 0.122 e. The molecule has 0 aromatic heterocycles. The van der Waals surface area contributed by atoms with Gasteiger partial charge >= 0.3 is 0 Å². The number of hydrogen-bond donors (Lipinski definition) is 5. The van der Waals surface area contributed by atoms with Crippen molar-refractivity contribution in [2.45, 2.75) is 6.54 Å². The largest absolute Gasteiger partial charge is 0.508 e. The second-order valence-corrected chi connectivity index (χ2v) is 5.18. The summed E-state index contributed by atoms with van der Waals surface area (Å²) in [5, 5.41) is 31.4. The lowest BCUT2D eigenvalue weighted by atomic mass is 10.1. The molecule has 0 atom stereocenters. The third kappa shape index (κ3) is 4.51. The minimum atomic E-state index is 0.0199. The standard InChI is InChI=1S/C17H23N3O3/c18-16-5-2-6-17(23)15(16)12-19-13-3-1-4-14(11-13)20(7-9-21)8-10-22/h1-6,11,19,21-23H,7-10,12,18H2. The van der Waals surface area contributed by atoms with E-state index in [1.165, 1.54) is 0 Å². The van der Waals surface area contributed by atoms with Gasteiger partial charge in [0.15, 0.2) is 0 Å². The molecule has 23 heavy (non-hydrogen) atoms. The molecule has 0 aliphatic rings. The molecule has 0 radical (unpaired) electrons. The van der Waals surface area contributed by atoms with Crippen molar-refractivity contribution in [1.29, 1.82) is 0 Å². The van der Waals surface area contributed by atoms with Crippen molar-refractivity contribution in [3.05, 3.63) is 48.0 Å². The molecule has 2 aromatic carbocycles. The fraction of sp³-hybridized carbons (Fsp3) is 0.294. The number of nitrogens with zero attached hydrogens (tertiary/aromatic N) is 1. The van der Waals surface area contributed by atoms with E-state index in [4.69, 9.17) is 15.9 Å². The summed E-state index contributed by atoms with van der Waals surface area (Å²) < 4.78 is 0. The highest BCUT2D eigenvalue weighted by Crippen LogP contribution is 2.25. The lowest BCUT2D eigenvalue weighted by Crippen LogP contribution is -2.29. The first-order chi connectivity index (χ1) is 11.2. The molecule has 2 aromatic rings. The van der Waals surface area contributed by atoms with Crippen molar-refractivity contribution >= 4 is 17.1 Å². The van der Waals surface area contributed by atoms with Gasteiger partial charge < -0.3 is 31.3 Å². The predicted octanol–water partition coefficient (Wildman–Crippen LogP) is 1.38. The maximum absolute atomic E-state index is 9.87. The second kappa shape index (κ2) is 8.26. The number of benzene rings is 2. The van der Waals surface area contributed by atoms with Crippen LogP contribution >= 0.6 is 0 Å². The molecule has 6 nitrogen and oxygen atoms in total. The van der Waals surface area contributed by atoms with Gasteiger partial charge in [0.2, 0.25) is 0 Å². The van der Waals surface area contributed by atoms with E-state index in [9.17, 15) is 5.11 Å². The number of phenolic OH excluding ortho intramolecular Hbond substituents is 1. The third-order valence-corrected chi connectivity index (χ3v) is 3.61. The van der Waals surface area contributed by atoms with E-state index < -0.39 is 0 Å². The first kappa shape index (κ1) is 16.9. The summed E-state index contributed by atoms with van der Waals surface area (Å²) in [6.07, 6.45) is 0. The van der Waals surface area contributed by atoms with Gasteiger partial charge in [0.1, 0.15) is 5.75 Å². The number of aliphatic hydroxyl groups is 2.